The van der Waals surface area contributed by atoms with E-state index < -0.39 is 11.9 Å². The van der Waals surface area contributed by atoms with Crippen LogP contribution in [0.5, 0.6) is 0 Å². The largest absolute Gasteiger partial charge is 0.473 e. The van der Waals surface area contributed by atoms with Crippen molar-refractivity contribution in [3.05, 3.63) is 58.3 Å². The highest BCUT2D eigenvalue weighted by atomic mass is 32.1. The molecule has 3 heterocycles. The van der Waals surface area contributed by atoms with Crippen LogP contribution in [0.3, 0.4) is 0 Å². The highest BCUT2D eigenvalue weighted by molar-refractivity contribution is 7.12. The van der Waals surface area contributed by atoms with Crippen LogP contribution in [0.25, 0.3) is 0 Å². The number of piperazine rings is 1. The van der Waals surface area contributed by atoms with Crippen LogP contribution in [0, 0.1) is 0 Å². The Hall–Kier alpha value is -2.75. The SMILES string of the molecule is O=C(O)C(=O)O.O=C(c1cccs1)N1CCN(C2CCN(Cc3ccccc3)CC2)CC1. The van der Waals surface area contributed by atoms with Crippen LogP contribution in [0.1, 0.15) is 28.1 Å². The molecule has 0 radical (unpaired) electrons. The highest BCUT2D eigenvalue weighted by Gasteiger charge is 2.29. The Morgan fingerprint density at radius 1 is 0.844 bits per heavy atom. The third-order valence-electron chi connectivity index (χ3n) is 5.84. The number of nitrogens with zero attached hydrogens (tertiary/aromatic N) is 3. The van der Waals surface area contributed by atoms with Gasteiger partial charge in [-0.25, -0.2) is 9.59 Å². The predicted octanol–water partition coefficient (Wildman–Crippen LogP) is 2.33. The highest BCUT2D eigenvalue weighted by Crippen LogP contribution is 2.21. The molecule has 0 atom stereocenters. The van der Waals surface area contributed by atoms with Gasteiger partial charge in [0, 0.05) is 38.8 Å². The third-order valence-corrected chi connectivity index (χ3v) is 6.70. The third kappa shape index (κ3) is 6.88. The Balaban J connectivity index is 0.000000427. The fourth-order valence-electron chi connectivity index (χ4n) is 4.13. The molecule has 1 aromatic carbocycles. The van der Waals surface area contributed by atoms with Crippen LogP contribution >= 0.6 is 11.3 Å². The Labute approximate surface area is 191 Å². The molecule has 9 heteroatoms. The van der Waals surface area contributed by atoms with Crippen LogP contribution in [-0.2, 0) is 16.1 Å². The van der Waals surface area contributed by atoms with Crippen molar-refractivity contribution in [1.29, 1.82) is 0 Å². The van der Waals surface area contributed by atoms with E-state index in [1.807, 2.05) is 22.4 Å². The number of carboxylic acid groups (broad SMARTS) is 2. The number of likely N-dealkylation sites (tertiary alicyclic amines) is 1. The van der Waals surface area contributed by atoms with Crippen molar-refractivity contribution in [2.45, 2.75) is 25.4 Å². The minimum absolute atomic E-state index is 0.206. The molecule has 172 valence electrons. The van der Waals surface area contributed by atoms with Crippen LogP contribution in [0.4, 0.5) is 0 Å². The molecular weight excluding hydrogens is 430 g/mol. The lowest BCUT2D eigenvalue weighted by Gasteiger charge is -2.42. The van der Waals surface area contributed by atoms with Crippen molar-refractivity contribution < 1.29 is 24.6 Å². The van der Waals surface area contributed by atoms with E-state index in [9.17, 15) is 4.79 Å². The number of carboxylic acids is 2. The van der Waals surface area contributed by atoms with Gasteiger partial charge in [0.1, 0.15) is 0 Å². The predicted molar refractivity (Wildman–Crippen MR) is 122 cm³/mol. The Kier molecular flexibility index (Phi) is 8.78. The summed E-state index contributed by atoms with van der Waals surface area (Å²) in [6, 6.07) is 15.3. The van der Waals surface area contributed by atoms with Gasteiger partial charge in [0.25, 0.3) is 5.91 Å². The number of hydrogen-bond acceptors (Lipinski definition) is 6. The fourth-order valence-corrected chi connectivity index (χ4v) is 4.82. The van der Waals surface area contributed by atoms with Crippen molar-refractivity contribution >= 4 is 29.2 Å². The maximum Gasteiger partial charge on any atom is 0.414 e. The summed E-state index contributed by atoms with van der Waals surface area (Å²) in [6.45, 7) is 7.17. The topological polar surface area (TPSA) is 101 Å². The van der Waals surface area contributed by atoms with Gasteiger partial charge in [0.05, 0.1) is 4.88 Å². The zero-order valence-electron chi connectivity index (χ0n) is 17.9. The number of hydrogen-bond donors (Lipinski definition) is 2. The average Bonchev–Trinajstić information content (AvgIpc) is 3.35. The molecular formula is C23H29N3O5S. The summed E-state index contributed by atoms with van der Waals surface area (Å²) < 4.78 is 0. The first-order valence-electron chi connectivity index (χ1n) is 10.7. The molecule has 4 rings (SSSR count). The van der Waals surface area contributed by atoms with Gasteiger partial charge in [-0.05, 0) is 42.9 Å². The van der Waals surface area contributed by atoms with Crippen LogP contribution < -0.4 is 0 Å². The van der Waals surface area contributed by atoms with Gasteiger partial charge >= 0.3 is 11.9 Å². The normalized spacial score (nSPS) is 17.9. The lowest BCUT2D eigenvalue weighted by atomic mass is 10.0. The molecule has 1 amide bonds. The molecule has 32 heavy (non-hydrogen) atoms. The standard InChI is InChI=1S/C21H27N3OS.C2H2O4/c25-21(20-7-4-16-26-20)24-14-12-23(13-15-24)19-8-10-22(11-9-19)17-18-5-2-1-3-6-18;3-1(4)2(5)6/h1-7,16,19H,8-15,17H2;(H,3,4)(H,5,6). The molecule has 2 aliphatic heterocycles. The van der Waals surface area contributed by atoms with E-state index in [0.29, 0.717) is 6.04 Å². The summed E-state index contributed by atoms with van der Waals surface area (Å²) >= 11 is 1.54. The number of aliphatic carboxylic acids is 2. The number of benzene rings is 1. The number of amides is 1. The van der Waals surface area contributed by atoms with E-state index >= 15 is 0 Å². The van der Waals surface area contributed by atoms with E-state index in [0.717, 1.165) is 37.6 Å². The van der Waals surface area contributed by atoms with E-state index in [1.54, 1.807) is 11.3 Å². The fraction of sp³-hybridized carbons (Fsp3) is 0.435. The maximum atomic E-state index is 12.5. The number of rotatable bonds is 4. The summed E-state index contributed by atoms with van der Waals surface area (Å²) in [5, 5.41) is 16.8. The minimum atomic E-state index is -1.82. The molecule has 2 aromatic rings. The Morgan fingerprint density at radius 3 is 2.00 bits per heavy atom. The molecule has 1 aromatic heterocycles. The van der Waals surface area contributed by atoms with Gasteiger partial charge in [-0.2, -0.15) is 0 Å². The Morgan fingerprint density at radius 2 is 1.47 bits per heavy atom. The van der Waals surface area contributed by atoms with E-state index in [-0.39, 0.29) is 5.91 Å². The van der Waals surface area contributed by atoms with Gasteiger partial charge in [-0.3, -0.25) is 14.6 Å². The first-order chi connectivity index (χ1) is 15.4. The monoisotopic (exact) mass is 459 g/mol. The van der Waals surface area contributed by atoms with Gasteiger partial charge in [0.15, 0.2) is 0 Å². The molecule has 0 saturated carbocycles. The van der Waals surface area contributed by atoms with Crippen molar-refractivity contribution in [2.75, 3.05) is 39.3 Å². The smallest absolute Gasteiger partial charge is 0.414 e. The van der Waals surface area contributed by atoms with E-state index in [2.05, 4.69) is 40.1 Å². The molecule has 0 bridgehead atoms. The van der Waals surface area contributed by atoms with Crippen molar-refractivity contribution in [1.82, 2.24) is 14.7 Å². The minimum Gasteiger partial charge on any atom is -0.473 e. The molecule has 0 spiro atoms. The molecule has 0 aliphatic carbocycles. The molecule has 2 N–H and O–H groups in total. The summed E-state index contributed by atoms with van der Waals surface area (Å²) in [7, 11) is 0. The number of thiophene rings is 1. The number of piperidine rings is 1. The quantitative estimate of drug-likeness (QED) is 0.677. The zero-order chi connectivity index (χ0) is 22.9. The van der Waals surface area contributed by atoms with Gasteiger partial charge < -0.3 is 15.1 Å². The van der Waals surface area contributed by atoms with E-state index in [4.69, 9.17) is 19.8 Å². The summed E-state index contributed by atoms with van der Waals surface area (Å²) in [5.41, 5.74) is 1.41. The number of carbonyl (C=O) groups is 3. The molecule has 2 aliphatic rings. The number of carbonyl (C=O) groups excluding carboxylic acids is 1. The maximum absolute atomic E-state index is 12.5. The molecule has 2 fully saturated rings. The van der Waals surface area contributed by atoms with Gasteiger partial charge in [-0.1, -0.05) is 36.4 Å². The average molecular weight is 460 g/mol. The van der Waals surface area contributed by atoms with Crippen LogP contribution in [0.2, 0.25) is 0 Å². The van der Waals surface area contributed by atoms with Gasteiger partial charge in [0.2, 0.25) is 0 Å². The van der Waals surface area contributed by atoms with Crippen molar-refractivity contribution in [2.24, 2.45) is 0 Å². The first-order valence-corrected chi connectivity index (χ1v) is 11.6. The van der Waals surface area contributed by atoms with Crippen LogP contribution in [0.15, 0.2) is 47.8 Å². The summed E-state index contributed by atoms with van der Waals surface area (Å²) in [5.74, 6) is -3.44. The summed E-state index contributed by atoms with van der Waals surface area (Å²) in [6.07, 6.45) is 2.48. The zero-order valence-corrected chi connectivity index (χ0v) is 18.7. The molecule has 0 unspecified atom stereocenters. The summed E-state index contributed by atoms with van der Waals surface area (Å²) in [4.78, 5) is 38.7. The van der Waals surface area contributed by atoms with Crippen molar-refractivity contribution in [3.8, 4) is 0 Å². The molecule has 8 nitrogen and oxygen atoms in total. The molecule has 2 saturated heterocycles. The van der Waals surface area contributed by atoms with E-state index in [1.165, 1.54) is 31.5 Å². The lowest BCUT2D eigenvalue weighted by molar-refractivity contribution is -0.159. The van der Waals surface area contributed by atoms with Crippen LogP contribution in [-0.4, -0.2) is 88.1 Å². The first kappa shape index (κ1) is 23.9. The van der Waals surface area contributed by atoms with Gasteiger partial charge in [-0.15, -0.1) is 11.3 Å². The lowest BCUT2D eigenvalue weighted by Crippen LogP contribution is -2.54. The second-order valence-electron chi connectivity index (χ2n) is 7.91. The second-order valence-corrected chi connectivity index (χ2v) is 8.86. The van der Waals surface area contributed by atoms with Crippen molar-refractivity contribution in [3.63, 3.8) is 0 Å². The Bertz CT molecular complexity index is 862. The second kappa shape index (κ2) is 11.8.